The number of aryl methyl sites for hydroxylation is 1. The molecule has 5 heteroatoms. The third-order valence-electron chi connectivity index (χ3n) is 3.89. The Morgan fingerprint density at radius 3 is 2.86 bits per heavy atom. The molecule has 1 atom stereocenters. The summed E-state index contributed by atoms with van der Waals surface area (Å²) in [6, 6.07) is 11.5. The summed E-state index contributed by atoms with van der Waals surface area (Å²) in [5.41, 5.74) is -0.854. The molecule has 0 bridgehead atoms. The Bertz CT molecular complexity index is 620. The van der Waals surface area contributed by atoms with Crippen molar-refractivity contribution in [3.05, 3.63) is 48.4 Å². The van der Waals surface area contributed by atoms with Crippen LogP contribution < -0.4 is 9.64 Å². The van der Waals surface area contributed by atoms with Crippen molar-refractivity contribution in [2.24, 2.45) is 0 Å². The SMILES string of the molecule is Cc1nccc(N2CCC[C@](O)(COc3ccccc3)C2)n1. The number of piperidine rings is 1. The van der Waals surface area contributed by atoms with Crippen LogP contribution in [0.25, 0.3) is 0 Å². The van der Waals surface area contributed by atoms with E-state index in [4.69, 9.17) is 4.74 Å². The van der Waals surface area contributed by atoms with E-state index in [1.807, 2.05) is 43.3 Å². The van der Waals surface area contributed by atoms with Crippen molar-refractivity contribution in [3.8, 4) is 5.75 Å². The maximum absolute atomic E-state index is 10.8. The van der Waals surface area contributed by atoms with E-state index < -0.39 is 5.60 Å². The van der Waals surface area contributed by atoms with Crippen LogP contribution in [0.15, 0.2) is 42.6 Å². The van der Waals surface area contributed by atoms with Crippen LogP contribution in [-0.4, -0.2) is 40.4 Å². The summed E-state index contributed by atoms with van der Waals surface area (Å²) in [4.78, 5) is 10.7. The molecule has 1 aliphatic rings. The first-order chi connectivity index (χ1) is 10.6. The molecule has 0 unspecified atom stereocenters. The fourth-order valence-corrected chi connectivity index (χ4v) is 2.78. The number of para-hydroxylation sites is 1. The Balaban J connectivity index is 1.66. The number of hydrogen-bond acceptors (Lipinski definition) is 5. The van der Waals surface area contributed by atoms with Gasteiger partial charge in [0.25, 0.3) is 0 Å². The quantitative estimate of drug-likeness (QED) is 0.938. The van der Waals surface area contributed by atoms with Crippen LogP contribution in [0.1, 0.15) is 18.7 Å². The van der Waals surface area contributed by atoms with Gasteiger partial charge in [0.2, 0.25) is 0 Å². The number of ether oxygens (including phenoxy) is 1. The van der Waals surface area contributed by atoms with E-state index in [9.17, 15) is 5.11 Å². The summed E-state index contributed by atoms with van der Waals surface area (Å²) in [6.45, 7) is 3.58. The molecule has 0 radical (unpaired) electrons. The van der Waals surface area contributed by atoms with Gasteiger partial charge < -0.3 is 14.7 Å². The van der Waals surface area contributed by atoms with Gasteiger partial charge in [-0.05, 0) is 38.0 Å². The monoisotopic (exact) mass is 299 g/mol. The molecule has 3 rings (SSSR count). The molecule has 0 saturated carbocycles. The average Bonchev–Trinajstić information content (AvgIpc) is 2.54. The fourth-order valence-electron chi connectivity index (χ4n) is 2.78. The van der Waals surface area contributed by atoms with Gasteiger partial charge in [-0.25, -0.2) is 9.97 Å². The molecule has 2 heterocycles. The highest BCUT2D eigenvalue weighted by Crippen LogP contribution is 2.25. The minimum Gasteiger partial charge on any atom is -0.491 e. The maximum atomic E-state index is 10.8. The molecule has 5 nitrogen and oxygen atoms in total. The zero-order valence-electron chi connectivity index (χ0n) is 12.8. The van der Waals surface area contributed by atoms with E-state index in [0.29, 0.717) is 6.54 Å². The van der Waals surface area contributed by atoms with E-state index in [0.717, 1.165) is 36.8 Å². The third kappa shape index (κ3) is 3.54. The minimum absolute atomic E-state index is 0.289. The molecule has 1 aromatic heterocycles. The lowest BCUT2D eigenvalue weighted by molar-refractivity contribution is -0.0156. The van der Waals surface area contributed by atoms with E-state index in [2.05, 4.69) is 14.9 Å². The van der Waals surface area contributed by atoms with Crippen LogP contribution in [-0.2, 0) is 0 Å². The normalized spacial score (nSPS) is 21.6. The number of nitrogens with zero attached hydrogens (tertiary/aromatic N) is 3. The lowest BCUT2D eigenvalue weighted by Crippen LogP contribution is -2.52. The van der Waals surface area contributed by atoms with Gasteiger partial charge in [-0.1, -0.05) is 18.2 Å². The second kappa shape index (κ2) is 6.32. The summed E-state index contributed by atoms with van der Waals surface area (Å²) < 4.78 is 5.75. The second-order valence-electron chi connectivity index (χ2n) is 5.81. The van der Waals surface area contributed by atoms with Crippen LogP contribution in [0.4, 0.5) is 5.82 Å². The molecule has 1 saturated heterocycles. The molecular formula is C17H21N3O2. The largest absolute Gasteiger partial charge is 0.491 e. The summed E-state index contributed by atoms with van der Waals surface area (Å²) in [5, 5.41) is 10.8. The van der Waals surface area contributed by atoms with Crippen LogP contribution in [0.3, 0.4) is 0 Å². The standard InChI is InChI=1S/C17H21N3O2/c1-14-18-10-8-16(19-14)20-11-5-9-17(21,12-20)13-22-15-6-3-2-4-7-15/h2-4,6-8,10,21H,5,9,11-13H2,1H3/t17-/m1/s1. The molecular weight excluding hydrogens is 278 g/mol. The van der Waals surface area contributed by atoms with Gasteiger partial charge in [-0.2, -0.15) is 0 Å². The van der Waals surface area contributed by atoms with E-state index in [1.54, 1.807) is 6.20 Å². The fraction of sp³-hybridized carbons (Fsp3) is 0.412. The van der Waals surface area contributed by atoms with Crippen LogP contribution >= 0.6 is 0 Å². The molecule has 116 valence electrons. The van der Waals surface area contributed by atoms with E-state index in [-0.39, 0.29) is 6.61 Å². The predicted octanol–water partition coefficient (Wildman–Crippen LogP) is 2.20. The molecule has 22 heavy (non-hydrogen) atoms. The van der Waals surface area contributed by atoms with Crippen molar-refractivity contribution < 1.29 is 9.84 Å². The number of hydrogen-bond donors (Lipinski definition) is 1. The zero-order valence-corrected chi connectivity index (χ0v) is 12.8. The molecule has 0 amide bonds. The molecule has 1 fully saturated rings. The van der Waals surface area contributed by atoms with Crippen LogP contribution in [0.2, 0.25) is 0 Å². The van der Waals surface area contributed by atoms with Crippen molar-refractivity contribution >= 4 is 5.82 Å². The van der Waals surface area contributed by atoms with Crippen LogP contribution in [0.5, 0.6) is 5.75 Å². The van der Waals surface area contributed by atoms with E-state index in [1.165, 1.54) is 0 Å². The summed E-state index contributed by atoms with van der Waals surface area (Å²) in [5.74, 6) is 2.39. The van der Waals surface area contributed by atoms with Gasteiger partial charge in [0.15, 0.2) is 0 Å². The smallest absolute Gasteiger partial charge is 0.132 e. The van der Waals surface area contributed by atoms with Gasteiger partial charge in [-0.15, -0.1) is 0 Å². The summed E-state index contributed by atoms with van der Waals surface area (Å²) >= 11 is 0. The first-order valence-corrected chi connectivity index (χ1v) is 7.59. The Morgan fingerprint density at radius 2 is 2.09 bits per heavy atom. The summed E-state index contributed by atoms with van der Waals surface area (Å²) in [7, 11) is 0. The lowest BCUT2D eigenvalue weighted by Gasteiger charge is -2.39. The predicted molar refractivity (Wildman–Crippen MR) is 85.1 cm³/mol. The van der Waals surface area contributed by atoms with Gasteiger partial charge >= 0.3 is 0 Å². The number of benzene rings is 1. The molecule has 0 aliphatic carbocycles. The van der Waals surface area contributed by atoms with Crippen molar-refractivity contribution in [1.82, 2.24) is 9.97 Å². The highest BCUT2D eigenvalue weighted by Gasteiger charge is 2.34. The Hall–Kier alpha value is -2.14. The van der Waals surface area contributed by atoms with Gasteiger partial charge in [0, 0.05) is 12.7 Å². The second-order valence-corrected chi connectivity index (χ2v) is 5.81. The lowest BCUT2D eigenvalue weighted by atomic mass is 9.93. The Morgan fingerprint density at radius 1 is 1.27 bits per heavy atom. The number of aliphatic hydroxyl groups is 1. The van der Waals surface area contributed by atoms with Crippen molar-refractivity contribution in [3.63, 3.8) is 0 Å². The topological polar surface area (TPSA) is 58.5 Å². The van der Waals surface area contributed by atoms with E-state index >= 15 is 0 Å². The molecule has 0 spiro atoms. The highest BCUT2D eigenvalue weighted by atomic mass is 16.5. The Labute approximate surface area is 130 Å². The van der Waals surface area contributed by atoms with Crippen molar-refractivity contribution in [2.45, 2.75) is 25.4 Å². The number of aromatic nitrogens is 2. The minimum atomic E-state index is -0.854. The molecule has 2 aromatic rings. The van der Waals surface area contributed by atoms with Crippen LogP contribution in [0, 0.1) is 6.92 Å². The van der Waals surface area contributed by atoms with Crippen molar-refractivity contribution in [1.29, 1.82) is 0 Å². The average molecular weight is 299 g/mol. The Kier molecular flexibility index (Phi) is 4.24. The molecule has 1 aromatic carbocycles. The first-order valence-electron chi connectivity index (χ1n) is 7.59. The highest BCUT2D eigenvalue weighted by molar-refractivity contribution is 5.39. The zero-order chi connectivity index (χ0) is 15.4. The first kappa shape index (κ1) is 14.8. The number of β-amino-alcohol motifs (C(OH)–C–C–N with tert-alkyl or cyclic N) is 1. The number of anilines is 1. The van der Waals surface area contributed by atoms with Gasteiger partial charge in [0.05, 0.1) is 6.54 Å². The van der Waals surface area contributed by atoms with Gasteiger partial charge in [-0.3, -0.25) is 0 Å². The number of rotatable bonds is 4. The maximum Gasteiger partial charge on any atom is 0.132 e. The van der Waals surface area contributed by atoms with Gasteiger partial charge in [0.1, 0.15) is 29.6 Å². The third-order valence-corrected chi connectivity index (χ3v) is 3.89. The summed E-state index contributed by atoms with van der Waals surface area (Å²) in [6.07, 6.45) is 3.41. The molecule has 1 aliphatic heterocycles. The van der Waals surface area contributed by atoms with Crippen molar-refractivity contribution in [2.75, 3.05) is 24.6 Å². The molecule has 1 N–H and O–H groups in total.